The van der Waals surface area contributed by atoms with E-state index in [1.165, 1.54) is 36.4 Å². The van der Waals surface area contributed by atoms with Crippen molar-refractivity contribution in [2.75, 3.05) is 34.4 Å². The second-order valence-electron chi connectivity index (χ2n) is 19.0. The zero-order valence-electron chi connectivity index (χ0n) is 38.7. The van der Waals surface area contributed by atoms with Crippen molar-refractivity contribution in [1.82, 2.24) is 0 Å². The van der Waals surface area contributed by atoms with E-state index in [2.05, 4.69) is 4.90 Å². The summed E-state index contributed by atoms with van der Waals surface area (Å²) in [6.45, 7) is 4.78. The Bertz CT molecular complexity index is 3270. The van der Waals surface area contributed by atoms with Gasteiger partial charge in [0.15, 0.2) is 0 Å². The molecular formula is C49H56N2O15S4. The first kappa shape index (κ1) is 51.2. The number of unbranched alkanes of at least 4 members (excludes halogenated alkanes) is 2. The molecule has 376 valence electrons. The normalized spacial score (nSPS) is 22.5. The number of carboxylic acid groups (broad SMARTS) is 1. The van der Waals surface area contributed by atoms with Crippen molar-refractivity contribution in [2.45, 2.75) is 112 Å². The maximum atomic E-state index is 13.0. The third-order valence-electron chi connectivity index (χ3n) is 14.3. The van der Waals surface area contributed by atoms with E-state index in [4.69, 9.17) is 4.74 Å². The Morgan fingerprint density at radius 1 is 0.657 bits per heavy atom. The third kappa shape index (κ3) is 10.4. The van der Waals surface area contributed by atoms with Crippen molar-refractivity contribution in [1.29, 1.82) is 0 Å². The molecule has 17 nitrogen and oxygen atoms in total. The number of anilines is 2. The van der Waals surface area contributed by atoms with Gasteiger partial charge >= 0.3 is 5.97 Å². The van der Waals surface area contributed by atoms with E-state index in [9.17, 15) is 61.8 Å². The molecule has 0 aromatic heterocycles. The summed E-state index contributed by atoms with van der Waals surface area (Å²) in [5.41, 5.74) is 4.64. The first-order chi connectivity index (χ1) is 32.8. The van der Waals surface area contributed by atoms with Gasteiger partial charge in [0.25, 0.3) is 40.5 Å². The molecule has 4 heterocycles. The molecule has 1 aliphatic carbocycles. The number of benzene rings is 3. The van der Waals surface area contributed by atoms with Gasteiger partial charge in [0.2, 0.25) is 0 Å². The Kier molecular flexibility index (Phi) is 14.0. The van der Waals surface area contributed by atoms with Gasteiger partial charge in [-0.05, 0) is 141 Å². The minimum atomic E-state index is -4.74. The summed E-state index contributed by atoms with van der Waals surface area (Å²) in [5, 5.41) is 9.64. The molecule has 4 aliphatic heterocycles. The zero-order chi connectivity index (χ0) is 50.6. The molecule has 5 N–H and O–H groups in total. The van der Waals surface area contributed by atoms with E-state index in [1.807, 2.05) is 49.3 Å². The van der Waals surface area contributed by atoms with E-state index < -0.39 is 68.8 Å². The van der Waals surface area contributed by atoms with Gasteiger partial charge in [-0.3, -0.25) is 18.2 Å². The summed E-state index contributed by atoms with van der Waals surface area (Å²) >= 11 is 0. The van der Waals surface area contributed by atoms with E-state index >= 15 is 0 Å². The van der Waals surface area contributed by atoms with Crippen LogP contribution < -0.4 is 14.5 Å². The molecule has 0 saturated carbocycles. The number of hydrogen-bond donors (Lipinski definition) is 5. The molecule has 0 bridgehead atoms. The van der Waals surface area contributed by atoms with Gasteiger partial charge in [-0.25, -0.2) is 4.79 Å². The number of rotatable bonds is 18. The van der Waals surface area contributed by atoms with Crippen LogP contribution in [0.3, 0.4) is 0 Å². The molecule has 0 fully saturated rings. The topological polar surface area (TPSA) is 270 Å². The third-order valence-corrected chi connectivity index (χ3v) is 17.7. The van der Waals surface area contributed by atoms with E-state index in [0.717, 1.165) is 28.7 Å². The van der Waals surface area contributed by atoms with Crippen molar-refractivity contribution >= 4 is 57.8 Å². The predicted octanol–water partition coefficient (Wildman–Crippen LogP) is 8.12. The fourth-order valence-corrected chi connectivity index (χ4v) is 13.7. The minimum Gasteiger partial charge on any atom is -0.478 e. The van der Waals surface area contributed by atoms with Gasteiger partial charge in [0.1, 0.15) is 21.3 Å². The summed E-state index contributed by atoms with van der Waals surface area (Å²) in [7, 11) is -18.0. The molecular weight excluding hydrogens is 985 g/mol. The van der Waals surface area contributed by atoms with Gasteiger partial charge in [-0.1, -0.05) is 50.1 Å². The fraction of sp³-hybridized carbons (Fsp3) is 0.408. The lowest BCUT2D eigenvalue weighted by molar-refractivity contribution is 0.0696. The highest BCUT2D eigenvalue weighted by Crippen LogP contribution is 2.56. The van der Waals surface area contributed by atoms with Gasteiger partial charge in [-0.15, -0.1) is 0 Å². The maximum Gasteiger partial charge on any atom is 0.335 e. The highest BCUT2D eigenvalue weighted by atomic mass is 32.2. The fourth-order valence-electron chi connectivity index (χ4n) is 11.0. The molecule has 0 spiro atoms. The second kappa shape index (κ2) is 19.1. The summed E-state index contributed by atoms with van der Waals surface area (Å²) in [6, 6.07) is 12.1. The molecule has 5 aliphatic rings. The summed E-state index contributed by atoms with van der Waals surface area (Å²) in [6.07, 6.45) is 14.4. The average molecular weight is 1040 g/mol. The van der Waals surface area contributed by atoms with Crippen LogP contribution in [-0.2, 0) is 64.1 Å². The number of nitrogens with zero attached hydrogens (tertiary/aromatic N) is 2. The van der Waals surface area contributed by atoms with Crippen LogP contribution in [0, 0.1) is 0 Å². The molecule has 3 aromatic carbocycles. The van der Waals surface area contributed by atoms with Crippen LogP contribution in [0.15, 0.2) is 117 Å². The molecule has 70 heavy (non-hydrogen) atoms. The minimum absolute atomic E-state index is 0.0437. The summed E-state index contributed by atoms with van der Waals surface area (Å²) in [5.74, 6) is -1.32. The molecule has 0 amide bonds. The first-order valence-electron chi connectivity index (χ1n) is 23.1. The molecule has 2 unspecified atom stereocenters. The number of aromatic carboxylic acids is 1. The van der Waals surface area contributed by atoms with Crippen molar-refractivity contribution < 1.29 is 66.5 Å². The SMILES string of the molecule is CC1(CCCCS(=O)(=O)O)C(/C=C/C2=C(Oc3ccc(C(=O)O)cc3)C(=C/C=C3/N4CCCc5ccc(S(=O)(=O)O)c(c54)C3(C)CCCCS(=O)(=O)O)/CCC2)=CN2CCc3ccc(S(=O)(=O)O)c1c32. The Hall–Kier alpha value is -5.13. The van der Waals surface area contributed by atoms with Crippen LogP contribution in [0.2, 0.25) is 0 Å². The van der Waals surface area contributed by atoms with Crippen LogP contribution in [0.4, 0.5) is 11.4 Å². The lowest BCUT2D eigenvalue weighted by Crippen LogP contribution is -2.34. The molecule has 2 atom stereocenters. The Morgan fingerprint density at radius 3 is 1.83 bits per heavy atom. The maximum absolute atomic E-state index is 13.0. The number of aryl methyl sites for hydroxylation is 1. The van der Waals surface area contributed by atoms with E-state index in [0.29, 0.717) is 90.5 Å². The second-order valence-corrected chi connectivity index (χ2v) is 24.9. The molecule has 21 heteroatoms. The van der Waals surface area contributed by atoms with Crippen LogP contribution >= 0.6 is 0 Å². The first-order valence-corrected chi connectivity index (χ1v) is 29.2. The lowest BCUT2D eigenvalue weighted by atomic mass is 9.69. The number of ether oxygens (including phenoxy) is 1. The molecule has 0 saturated heterocycles. The largest absolute Gasteiger partial charge is 0.478 e. The number of allylic oxidation sites excluding steroid dienone is 8. The quantitative estimate of drug-likeness (QED) is 0.0594. The van der Waals surface area contributed by atoms with Crippen molar-refractivity contribution in [3.05, 3.63) is 135 Å². The Balaban J connectivity index is 1.26. The van der Waals surface area contributed by atoms with Crippen LogP contribution in [0.1, 0.15) is 111 Å². The van der Waals surface area contributed by atoms with Crippen molar-refractivity contribution in [3.63, 3.8) is 0 Å². The Labute approximate surface area is 408 Å². The predicted molar refractivity (Wildman–Crippen MR) is 263 cm³/mol. The summed E-state index contributed by atoms with van der Waals surface area (Å²) in [4.78, 5) is 15.3. The zero-order valence-corrected chi connectivity index (χ0v) is 41.9. The smallest absolute Gasteiger partial charge is 0.335 e. The number of hydrogen-bond acceptors (Lipinski definition) is 12. The molecule has 0 radical (unpaired) electrons. The highest BCUT2D eigenvalue weighted by Gasteiger charge is 2.49. The van der Waals surface area contributed by atoms with Gasteiger partial charge in [0.05, 0.1) is 17.1 Å². The van der Waals surface area contributed by atoms with E-state index in [1.54, 1.807) is 12.1 Å². The number of carbonyl (C=O) groups is 1. The summed E-state index contributed by atoms with van der Waals surface area (Å²) < 4.78 is 146. The molecule has 3 aromatic rings. The van der Waals surface area contributed by atoms with Gasteiger partial charge < -0.3 is 19.6 Å². The van der Waals surface area contributed by atoms with Gasteiger partial charge in [-0.2, -0.15) is 33.7 Å². The molecule has 8 rings (SSSR count). The van der Waals surface area contributed by atoms with Crippen molar-refractivity contribution in [2.24, 2.45) is 0 Å². The average Bonchev–Trinajstić information content (AvgIpc) is 3.80. The van der Waals surface area contributed by atoms with Crippen molar-refractivity contribution in [3.8, 4) is 5.75 Å². The standard InChI is InChI=1S/C49H56N2O15S4/c1-48(25-3-5-29-67(54,55)56)37(31-50-28-24-33-16-22-39(69(60,61)62)42(48)44(33)50)18-12-34-9-7-10-35(46(34)66-38-19-13-36(14-20-38)47(52)53)17-23-41-49(2,26-4-6-30-68(57,58)59)43-40(70(63,64)65)21-15-32-11-8-27-51(41)45(32)43/h12-23,31H,3-11,24-30H2,1-2H3,(H,52,53)(H,54,55,56)(H,57,58,59)(H,60,61,62)(H,63,64,65)/b18-12+,35-17+,41-23+. The van der Waals surface area contributed by atoms with Gasteiger partial charge in [0, 0.05) is 58.3 Å². The van der Waals surface area contributed by atoms with E-state index in [-0.39, 0.29) is 53.9 Å². The van der Waals surface area contributed by atoms with Crippen LogP contribution in [-0.4, -0.2) is 87.6 Å². The van der Waals surface area contributed by atoms with Crippen LogP contribution in [0.25, 0.3) is 0 Å². The highest BCUT2D eigenvalue weighted by molar-refractivity contribution is 7.86. The monoisotopic (exact) mass is 1040 g/mol. The Morgan fingerprint density at radius 2 is 1.24 bits per heavy atom. The number of carboxylic acids is 1. The van der Waals surface area contributed by atoms with Crippen LogP contribution in [0.5, 0.6) is 5.75 Å². The lowest BCUT2D eigenvalue weighted by Gasteiger charge is -2.41.